The van der Waals surface area contributed by atoms with Gasteiger partial charge >= 0.3 is 0 Å². The molecule has 2 aromatic carbocycles. The SMILES string of the molecule is CC(C)C(=O)NCCCc1nc2ccccc2n1CC(=O)Nc1ccccc1F. The average molecular weight is 396 g/mol. The normalized spacial score (nSPS) is 11.0. The van der Waals surface area contributed by atoms with E-state index >= 15 is 0 Å². The number of amides is 2. The fourth-order valence-corrected chi connectivity index (χ4v) is 3.05. The summed E-state index contributed by atoms with van der Waals surface area (Å²) in [6.07, 6.45) is 1.32. The van der Waals surface area contributed by atoms with Gasteiger partial charge in [-0.1, -0.05) is 38.1 Å². The fraction of sp³-hybridized carbons (Fsp3) is 0.318. The van der Waals surface area contributed by atoms with Crippen molar-refractivity contribution in [2.45, 2.75) is 33.2 Å². The number of fused-ring (bicyclic) bond motifs is 1. The van der Waals surface area contributed by atoms with Crippen LogP contribution < -0.4 is 10.6 Å². The molecule has 0 spiro atoms. The van der Waals surface area contributed by atoms with Crippen molar-refractivity contribution in [3.8, 4) is 0 Å². The maximum atomic E-state index is 13.8. The average Bonchev–Trinajstić information content (AvgIpc) is 3.04. The molecule has 0 atom stereocenters. The van der Waals surface area contributed by atoms with E-state index in [1.54, 1.807) is 12.1 Å². The van der Waals surface area contributed by atoms with Crippen LogP contribution in [0.3, 0.4) is 0 Å². The molecule has 0 radical (unpaired) electrons. The van der Waals surface area contributed by atoms with Crippen LogP contribution in [-0.4, -0.2) is 27.9 Å². The Hall–Kier alpha value is -3.22. The second-order valence-electron chi connectivity index (χ2n) is 7.18. The van der Waals surface area contributed by atoms with E-state index in [1.165, 1.54) is 12.1 Å². The second-order valence-corrected chi connectivity index (χ2v) is 7.18. The molecule has 6 nitrogen and oxygen atoms in total. The predicted molar refractivity (Wildman–Crippen MR) is 111 cm³/mol. The van der Waals surface area contributed by atoms with Gasteiger partial charge in [0.15, 0.2) is 0 Å². The lowest BCUT2D eigenvalue weighted by molar-refractivity contribution is -0.124. The molecule has 7 heteroatoms. The summed E-state index contributed by atoms with van der Waals surface area (Å²) >= 11 is 0. The third-order valence-corrected chi connectivity index (χ3v) is 4.58. The first-order chi connectivity index (χ1) is 14.0. The van der Waals surface area contributed by atoms with Crippen molar-refractivity contribution in [3.05, 3.63) is 60.2 Å². The maximum Gasteiger partial charge on any atom is 0.244 e. The van der Waals surface area contributed by atoms with E-state index in [9.17, 15) is 14.0 Å². The van der Waals surface area contributed by atoms with Gasteiger partial charge in [-0.25, -0.2) is 9.37 Å². The van der Waals surface area contributed by atoms with Crippen LogP contribution >= 0.6 is 0 Å². The van der Waals surface area contributed by atoms with Crippen LogP contribution in [-0.2, 0) is 22.6 Å². The third-order valence-electron chi connectivity index (χ3n) is 4.58. The lowest BCUT2D eigenvalue weighted by Crippen LogP contribution is -2.29. The number of aryl methyl sites for hydroxylation is 1. The molecule has 1 aromatic heterocycles. The van der Waals surface area contributed by atoms with Crippen molar-refractivity contribution in [2.75, 3.05) is 11.9 Å². The van der Waals surface area contributed by atoms with Gasteiger partial charge in [0.1, 0.15) is 18.2 Å². The Labute approximate surface area is 169 Å². The van der Waals surface area contributed by atoms with Crippen molar-refractivity contribution in [1.82, 2.24) is 14.9 Å². The molecule has 0 aliphatic heterocycles. The van der Waals surface area contributed by atoms with Crippen molar-refractivity contribution < 1.29 is 14.0 Å². The summed E-state index contributed by atoms with van der Waals surface area (Å²) in [7, 11) is 0. The van der Waals surface area contributed by atoms with Crippen LogP contribution in [0.5, 0.6) is 0 Å². The molecule has 3 rings (SSSR count). The summed E-state index contributed by atoms with van der Waals surface area (Å²) in [4.78, 5) is 28.9. The number of hydrogen-bond donors (Lipinski definition) is 2. The smallest absolute Gasteiger partial charge is 0.244 e. The Morgan fingerprint density at radius 3 is 2.59 bits per heavy atom. The maximum absolute atomic E-state index is 13.8. The number of rotatable bonds is 8. The molecule has 0 fully saturated rings. The minimum absolute atomic E-state index is 0.0165. The number of benzene rings is 2. The van der Waals surface area contributed by atoms with Crippen LogP contribution in [0.2, 0.25) is 0 Å². The van der Waals surface area contributed by atoms with Gasteiger partial charge in [-0.15, -0.1) is 0 Å². The molecule has 0 bridgehead atoms. The summed E-state index contributed by atoms with van der Waals surface area (Å²) in [5, 5.41) is 5.50. The van der Waals surface area contributed by atoms with Crippen molar-refractivity contribution in [1.29, 1.82) is 0 Å². The number of carbonyl (C=O) groups excluding carboxylic acids is 2. The number of imidazole rings is 1. The Balaban J connectivity index is 1.72. The monoisotopic (exact) mass is 396 g/mol. The largest absolute Gasteiger partial charge is 0.356 e. The van der Waals surface area contributed by atoms with Crippen LogP contribution in [0.4, 0.5) is 10.1 Å². The van der Waals surface area contributed by atoms with Crippen molar-refractivity contribution >= 4 is 28.5 Å². The number of para-hydroxylation sites is 3. The number of aromatic nitrogens is 2. The molecule has 2 amide bonds. The zero-order chi connectivity index (χ0) is 20.8. The second kappa shape index (κ2) is 9.32. The minimum atomic E-state index is -0.475. The Bertz CT molecular complexity index is 1010. The van der Waals surface area contributed by atoms with Gasteiger partial charge < -0.3 is 15.2 Å². The van der Waals surface area contributed by atoms with Gasteiger partial charge in [-0.2, -0.15) is 0 Å². The summed E-state index contributed by atoms with van der Waals surface area (Å²) in [6, 6.07) is 13.7. The highest BCUT2D eigenvalue weighted by molar-refractivity contribution is 5.91. The molecule has 152 valence electrons. The van der Waals surface area contributed by atoms with Crippen LogP contribution in [0.1, 0.15) is 26.1 Å². The van der Waals surface area contributed by atoms with Crippen LogP contribution in [0, 0.1) is 11.7 Å². The van der Waals surface area contributed by atoms with E-state index in [4.69, 9.17) is 0 Å². The molecule has 29 heavy (non-hydrogen) atoms. The van der Waals surface area contributed by atoms with E-state index in [2.05, 4.69) is 15.6 Å². The van der Waals surface area contributed by atoms with Gasteiger partial charge in [-0.3, -0.25) is 9.59 Å². The molecule has 0 aliphatic rings. The molecular formula is C22H25FN4O2. The first kappa shape index (κ1) is 20.5. The van der Waals surface area contributed by atoms with E-state index in [-0.39, 0.29) is 30.0 Å². The number of nitrogens with one attached hydrogen (secondary N) is 2. The topological polar surface area (TPSA) is 76.0 Å². The molecule has 0 unspecified atom stereocenters. The Morgan fingerprint density at radius 2 is 1.83 bits per heavy atom. The van der Waals surface area contributed by atoms with E-state index < -0.39 is 5.82 Å². The highest BCUT2D eigenvalue weighted by Gasteiger charge is 2.15. The standard InChI is InChI=1S/C22H25FN4O2/c1-15(2)22(29)24-13-7-12-20-25-18-10-5-6-11-19(18)27(20)14-21(28)26-17-9-4-3-8-16(17)23/h3-6,8-11,15H,7,12-14H2,1-2H3,(H,24,29)(H,26,28). The lowest BCUT2D eigenvalue weighted by atomic mass is 10.2. The molecule has 1 heterocycles. The summed E-state index contributed by atoms with van der Waals surface area (Å²) in [5.74, 6) is -0.0804. The van der Waals surface area contributed by atoms with Gasteiger partial charge in [0.2, 0.25) is 11.8 Å². The van der Waals surface area contributed by atoms with Gasteiger partial charge in [0.05, 0.1) is 16.7 Å². The highest BCUT2D eigenvalue weighted by atomic mass is 19.1. The lowest BCUT2D eigenvalue weighted by Gasteiger charge is -2.11. The minimum Gasteiger partial charge on any atom is -0.356 e. The number of anilines is 1. The quantitative estimate of drug-likeness (QED) is 0.572. The van der Waals surface area contributed by atoms with E-state index in [0.29, 0.717) is 19.4 Å². The summed E-state index contributed by atoms with van der Waals surface area (Å²) in [5.41, 5.74) is 1.80. The molecule has 3 aromatic rings. The van der Waals surface area contributed by atoms with Crippen LogP contribution in [0.25, 0.3) is 11.0 Å². The van der Waals surface area contributed by atoms with Gasteiger partial charge in [0.25, 0.3) is 0 Å². The zero-order valence-electron chi connectivity index (χ0n) is 16.6. The van der Waals surface area contributed by atoms with E-state index in [0.717, 1.165) is 16.9 Å². The number of halogens is 1. The molecule has 0 aliphatic carbocycles. The highest BCUT2D eigenvalue weighted by Crippen LogP contribution is 2.18. The molecule has 2 N–H and O–H groups in total. The van der Waals surface area contributed by atoms with Crippen molar-refractivity contribution in [2.24, 2.45) is 5.92 Å². The Kier molecular flexibility index (Phi) is 6.59. The molecule has 0 saturated heterocycles. The summed E-state index contributed by atoms with van der Waals surface area (Å²) in [6.45, 7) is 4.27. The summed E-state index contributed by atoms with van der Waals surface area (Å²) < 4.78 is 15.7. The van der Waals surface area contributed by atoms with Crippen LogP contribution in [0.15, 0.2) is 48.5 Å². The van der Waals surface area contributed by atoms with Gasteiger partial charge in [0, 0.05) is 18.9 Å². The zero-order valence-corrected chi connectivity index (χ0v) is 16.6. The first-order valence-electron chi connectivity index (χ1n) is 9.72. The molecular weight excluding hydrogens is 371 g/mol. The predicted octanol–water partition coefficient (Wildman–Crippen LogP) is 3.52. The number of hydrogen-bond acceptors (Lipinski definition) is 3. The van der Waals surface area contributed by atoms with E-state index in [1.807, 2.05) is 42.7 Å². The fourth-order valence-electron chi connectivity index (χ4n) is 3.05. The number of carbonyl (C=O) groups is 2. The third kappa shape index (κ3) is 5.19. The first-order valence-corrected chi connectivity index (χ1v) is 9.72. The number of nitrogens with zero attached hydrogens (tertiary/aromatic N) is 2. The van der Waals surface area contributed by atoms with Crippen molar-refractivity contribution in [3.63, 3.8) is 0 Å². The Morgan fingerprint density at radius 1 is 1.10 bits per heavy atom. The van der Waals surface area contributed by atoms with Gasteiger partial charge in [-0.05, 0) is 30.7 Å². The molecule has 0 saturated carbocycles.